The Morgan fingerprint density at radius 2 is 1.84 bits per heavy atom. The maximum Gasteiger partial charge on any atom is 0.263 e. The molecule has 7 nitrogen and oxygen atoms in total. The molecule has 1 saturated heterocycles. The fraction of sp³-hybridized carbons (Fsp3) is 0.538. The number of benzene rings is 1. The van der Waals surface area contributed by atoms with Gasteiger partial charge in [0.25, 0.3) is 10.0 Å². The van der Waals surface area contributed by atoms with Gasteiger partial charge in [-0.2, -0.15) is 0 Å². The smallest absolute Gasteiger partial charge is 0.263 e. The number of methoxy groups -OCH3 is 1. The second kappa shape index (κ2) is 11.9. The Morgan fingerprint density at radius 3 is 2.43 bits per heavy atom. The minimum atomic E-state index is -4.18. The maximum absolute atomic E-state index is 13.8. The van der Waals surface area contributed by atoms with Gasteiger partial charge in [-0.3, -0.25) is 4.90 Å². The lowest BCUT2D eigenvalue weighted by Gasteiger charge is -2.39. The topological polar surface area (TPSA) is 77.1 Å². The van der Waals surface area contributed by atoms with Crippen molar-refractivity contribution in [1.82, 2.24) is 9.79 Å². The summed E-state index contributed by atoms with van der Waals surface area (Å²) in [6.07, 6.45) is 0.873. The molecule has 1 fully saturated rings. The van der Waals surface area contributed by atoms with Crippen LogP contribution in [0.25, 0.3) is 0 Å². The average Bonchev–Trinajstić information content (AvgIpc) is 2.84. The minimum Gasteiger partial charge on any atom is -0.497 e. The van der Waals surface area contributed by atoms with Gasteiger partial charge in [0, 0.05) is 18.1 Å². The Labute approximate surface area is 232 Å². The Hall–Kier alpha value is -1.17. The van der Waals surface area contributed by atoms with E-state index >= 15 is 0 Å². The van der Waals surface area contributed by atoms with Gasteiger partial charge in [-0.05, 0) is 59.8 Å². The van der Waals surface area contributed by atoms with Crippen molar-refractivity contribution in [3.8, 4) is 5.75 Å². The summed E-state index contributed by atoms with van der Waals surface area (Å²) in [6, 6.07) is 7.08. The molecule has 1 aliphatic carbocycles. The van der Waals surface area contributed by atoms with Gasteiger partial charge in [0.15, 0.2) is 0 Å². The third kappa shape index (κ3) is 6.89. The van der Waals surface area contributed by atoms with Crippen LogP contribution in [-0.2, 0) is 25.7 Å². The molecule has 0 amide bonds. The summed E-state index contributed by atoms with van der Waals surface area (Å²) in [4.78, 5) is 4.44. The van der Waals surface area contributed by atoms with E-state index in [9.17, 15) is 8.42 Å². The zero-order valence-electron chi connectivity index (χ0n) is 22.5. The van der Waals surface area contributed by atoms with E-state index in [2.05, 4.69) is 16.4 Å². The van der Waals surface area contributed by atoms with Crippen molar-refractivity contribution in [2.24, 2.45) is 0 Å². The number of hydrogen-bond acceptors (Lipinski definition) is 6. The quantitative estimate of drug-likeness (QED) is 0.294. The van der Waals surface area contributed by atoms with Crippen molar-refractivity contribution in [2.75, 3.05) is 33.4 Å². The molecule has 1 aromatic rings. The first-order valence-corrected chi connectivity index (χ1v) is 17.5. The summed E-state index contributed by atoms with van der Waals surface area (Å²) in [5.74, 6) is 0.726. The number of morpholine rings is 1. The highest BCUT2D eigenvalue weighted by Crippen LogP contribution is 2.44. The zero-order valence-corrected chi connectivity index (χ0v) is 25.8. The normalized spacial score (nSPS) is 20.5. The van der Waals surface area contributed by atoms with Crippen LogP contribution in [-0.4, -0.2) is 61.1 Å². The van der Waals surface area contributed by atoms with Crippen molar-refractivity contribution in [3.05, 3.63) is 62.5 Å². The van der Waals surface area contributed by atoms with Crippen molar-refractivity contribution < 1.29 is 22.4 Å². The van der Waals surface area contributed by atoms with Gasteiger partial charge in [-0.15, -0.1) is 4.89 Å². The highest BCUT2D eigenvalue weighted by molar-refractivity contribution is 7.93. The Balaban J connectivity index is 2.02. The van der Waals surface area contributed by atoms with Crippen LogP contribution in [0.2, 0.25) is 18.1 Å². The molecule has 0 aromatic heterocycles. The number of hydrogen-bond donors (Lipinski definition) is 1. The van der Waals surface area contributed by atoms with Crippen LogP contribution in [0.1, 0.15) is 32.8 Å². The Bertz CT molecular complexity index is 1190. The standard InChI is InChI=1S/C26H38Cl2N2O5SSi/c1-18-22(27)21(12-11-19-9-8-10-20(17-19)33-5)25(23(28)24(18)30-13-15-34-16-14-30)36(31,32)29-35-37(6,7)26(2,3)4/h8-10,17,24,29H,1,11-16H2,2-7H3. The number of ether oxygens (including phenoxy) is 2. The number of sulfonamides is 1. The van der Waals surface area contributed by atoms with Crippen LogP contribution >= 0.6 is 23.2 Å². The van der Waals surface area contributed by atoms with Gasteiger partial charge in [0.1, 0.15) is 10.7 Å². The molecule has 206 valence electrons. The molecule has 1 aromatic carbocycles. The number of halogens is 2. The van der Waals surface area contributed by atoms with Crippen molar-refractivity contribution in [2.45, 2.75) is 57.8 Å². The number of rotatable bonds is 9. The maximum atomic E-state index is 13.8. The summed E-state index contributed by atoms with van der Waals surface area (Å²) < 4.78 is 44.4. The molecule has 0 spiro atoms. The summed E-state index contributed by atoms with van der Waals surface area (Å²) in [5.41, 5.74) is 1.99. The number of nitrogens with zero attached hydrogens (tertiary/aromatic N) is 1. The SMILES string of the molecule is C=C1C(Cl)=C(CCc2cccc(OC)c2)C(S(=O)(=O)NO[Si](C)(C)C(C)(C)C)=C(Cl)C1N1CCOCC1. The van der Waals surface area contributed by atoms with Gasteiger partial charge in [0.05, 0.1) is 31.4 Å². The van der Waals surface area contributed by atoms with Gasteiger partial charge < -0.3 is 14.0 Å². The molecule has 0 bridgehead atoms. The number of nitrogens with one attached hydrogen (secondary N) is 1. The highest BCUT2D eigenvalue weighted by Gasteiger charge is 2.43. The molecular weight excluding hydrogens is 551 g/mol. The zero-order chi connectivity index (χ0) is 27.6. The van der Waals surface area contributed by atoms with E-state index in [1.54, 1.807) is 7.11 Å². The summed E-state index contributed by atoms with van der Waals surface area (Å²) in [7, 11) is -5.02. The molecule has 37 heavy (non-hydrogen) atoms. The van der Waals surface area contributed by atoms with E-state index in [4.69, 9.17) is 37.2 Å². The van der Waals surface area contributed by atoms with Crippen LogP contribution < -0.4 is 9.62 Å². The predicted molar refractivity (Wildman–Crippen MR) is 153 cm³/mol. The van der Waals surface area contributed by atoms with E-state index in [-0.39, 0.29) is 15.0 Å². The molecule has 1 N–H and O–H groups in total. The van der Waals surface area contributed by atoms with Gasteiger partial charge in [-0.25, -0.2) is 8.42 Å². The van der Waals surface area contributed by atoms with Crippen LogP contribution in [0.3, 0.4) is 0 Å². The fourth-order valence-corrected chi connectivity index (χ4v) is 7.61. The minimum absolute atomic E-state index is 0.0373. The first kappa shape index (κ1) is 30.4. The van der Waals surface area contributed by atoms with Crippen LogP contribution in [0.15, 0.2) is 57.0 Å². The largest absolute Gasteiger partial charge is 0.497 e. The molecule has 11 heteroatoms. The predicted octanol–water partition coefficient (Wildman–Crippen LogP) is 5.70. The molecule has 1 unspecified atom stereocenters. The van der Waals surface area contributed by atoms with Crippen LogP contribution in [0.5, 0.6) is 5.75 Å². The van der Waals surface area contributed by atoms with Crippen LogP contribution in [0.4, 0.5) is 0 Å². The van der Waals surface area contributed by atoms with Crippen molar-refractivity contribution in [3.63, 3.8) is 0 Å². The Kier molecular flexibility index (Phi) is 9.78. The molecule has 3 rings (SSSR count). The molecule has 1 atom stereocenters. The number of aryl methyl sites for hydroxylation is 1. The molecule has 0 radical (unpaired) electrons. The Morgan fingerprint density at radius 1 is 1.19 bits per heavy atom. The first-order chi connectivity index (χ1) is 17.2. The van der Waals surface area contributed by atoms with E-state index in [0.717, 1.165) is 11.3 Å². The van der Waals surface area contributed by atoms with Crippen molar-refractivity contribution in [1.29, 1.82) is 0 Å². The first-order valence-electron chi connectivity index (χ1n) is 12.3. The van der Waals surface area contributed by atoms with E-state index < -0.39 is 24.4 Å². The van der Waals surface area contributed by atoms with Gasteiger partial charge in [0.2, 0.25) is 8.32 Å². The molecule has 1 heterocycles. The third-order valence-electron chi connectivity index (χ3n) is 7.30. The van der Waals surface area contributed by atoms with Crippen LogP contribution in [0, 0.1) is 0 Å². The lowest BCUT2D eigenvalue weighted by atomic mass is 9.92. The van der Waals surface area contributed by atoms with E-state index in [1.165, 1.54) is 0 Å². The molecule has 0 saturated carbocycles. The van der Waals surface area contributed by atoms with Gasteiger partial charge >= 0.3 is 0 Å². The number of allylic oxidation sites excluding steroid dienone is 1. The van der Waals surface area contributed by atoms with E-state index in [1.807, 2.05) is 58.1 Å². The molecule has 2 aliphatic rings. The summed E-state index contributed by atoms with van der Waals surface area (Å²) in [6.45, 7) is 16.5. The van der Waals surface area contributed by atoms with E-state index in [0.29, 0.717) is 55.3 Å². The average molecular weight is 590 g/mol. The van der Waals surface area contributed by atoms with Gasteiger partial charge in [-0.1, -0.05) is 62.7 Å². The lowest BCUT2D eigenvalue weighted by Crippen LogP contribution is -2.48. The lowest BCUT2D eigenvalue weighted by molar-refractivity contribution is 0.0309. The molecular formula is C26H38Cl2N2O5SSi. The summed E-state index contributed by atoms with van der Waals surface area (Å²) >= 11 is 13.8. The summed E-state index contributed by atoms with van der Waals surface area (Å²) in [5, 5.41) is 0.285. The second-order valence-corrected chi connectivity index (χ2v) is 17.9. The monoisotopic (exact) mass is 588 g/mol. The fourth-order valence-electron chi connectivity index (χ4n) is 4.02. The molecule has 1 aliphatic heterocycles. The highest BCUT2D eigenvalue weighted by atomic mass is 35.5. The van der Waals surface area contributed by atoms with Crippen molar-refractivity contribution >= 4 is 41.5 Å². The third-order valence-corrected chi connectivity index (χ3v) is 14.0. The second-order valence-electron chi connectivity index (χ2n) is 10.8.